The summed E-state index contributed by atoms with van der Waals surface area (Å²) in [6.07, 6.45) is 0. The number of fused-ring (bicyclic) bond motifs is 1. The molecule has 0 atom stereocenters. The highest BCUT2D eigenvalue weighted by molar-refractivity contribution is 7.99. The number of thioether (sulfide) groups is 1. The van der Waals surface area contributed by atoms with Crippen LogP contribution in [0.2, 0.25) is 0 Å². The first-order valence-electron chi connectivity index (χ1n) is 11.3. The van der Waals surface area contributed by atoms with Crippen LogP contribution in [0, 0.1) is 0 Å². The molecule has 35 heavy (non-hydrogen) atoms. The zero-order valence-corrected chi connectivity index (χ0v) is 19.7. The lowest BCUT2D eigenvalue weighted by Crippen LogP contribution is -2.25. The SMILES string of the molecule is O=C(CSc1nc2ccccc2c(=O)n1Cc1ccccc1)Nc1ccccc1-c1ccccc1. The maximum Gasteiger partial charge on any atom is 0.262 e. The monoisotopic (exact) mass is 477 g/mol. The molecule has 0 spiro atoms. The van der Waals surface area contributed by atoms with Gasteiger partial charge in [-0.3, -0.25) is 14.2 Å². The van der Waals surface area contributed by atoms with Gasteiger partial charge < -0.3 is 5.32 Å². The molecule has 5 rings (SSSR count). The van der Waals surface area contributed by atoms with E-state index in [2.05, 4.69) is 5.32 Å². The summed E-state index contributed by atoms with van der Waals surface area (Å²) in [4.78, 5) is 31.0. The van der Waals surface area contributed by atoms with E-state index in [1.165, 1.54) is 11.8 Å². The van der Waals surface area contributed by atoms with Crippen molar-refractivity contribution < 1.29 is 4.79 Å². The largest absolute Gasteiger partial charge is 0.325 e. The lowest BCUT2D eigenvalue weighted by atomic mass is 10.0. The topological polar surface area (TPSA) is 64.0 Å². The number of hydrogen-bond acceptors (Lipinski definition) is 4. The van der Waals surface area contributed by atoms with Crippen LogP contribution in [0.3, 0.4) is 0 Å². The summed E-state index contributed by atoms with van der Waals surface area (Å²) < 4.78 is 1.65. The first kappa shape index (κ1) is 22.6. The van der Waals surface area contributed by atoms with Crippen LogP contribution in [-0.4, -0.2) is 21.2 Å². The molecular formula is C29H23N3O2S. The minimum atomic E-state index is -0.160. The van der Waals surface area contributed by atoms with Crippen molar-refractivity contribution in [2.45, 2.75) is 11.7 Å². The van der Waals surface area contributed by atoms with Crippen molar-refractivity contribution in [1.82, 2.24) is 9.55 Å². The van der Waals surface area contributed by atoms with Crippen LogP contribution >= 0.6 is 11.8 Å². The van der Waals surface area contributed by atoms with Gasteiger partial charge in [-0.1, -0.05) is 103 Å². The number of nitrogens with one attached hydrogen (secondary N) is 1. The van der Waals surface area contributed by atoms with Crippen molar-refractivity contribution in [3.8, 4) is 11.1 Å². The van der Waals surface area contributed by atoms with Gasteiger partial charge in [0.15, 0.2) is 5.16 Å². The molecule has 0 unspecified atom stereocenters. The Hall–Kier alpha value is -4.16. The van der Waals surface area contributed by atoms with Crippen molar-refractivity contribution >= 4 is 34.3 Å². The Kier molecular flexibility index (Phi) is 6.73. The van der Waals surface area contributed by atoms with Crippen molar-refractivity contribution in [1.29, 1.82) is 0 Å². The van der Waals surface area contributed by atoms with E-state index in [-0.39, 0.29) is 17.2 Å². The number of anilines is 1. The molecule has 1 N–H and O–H groups in total. The molecule has 0 saturated carbocycles. The van der Waals surface area contributed by atoms with Gasteiger partial charge in [-0.25, -0.2) is 4.98 Å². The number of aromatic nitrogens is 2. The molecule has 0 radical (unpaired) electrons. The molecule has 6 heteroatoms. The van der Waals surface area contributed by atoms with E-state index in [0.29, 0.717) is 22.6 Å². The number of benzene rings is 4. The van der Waals surface area contributed by atoms with E-state index < -0.39 is 0 Å². The number of nitrogens with zero attached hydrogens (tertiary/aromatic N) is 2. The summed E-state index contributed by atoms with van der Waals surface area (Å²) in [5.41, 5.74) is 4.24. The van der Waals surface area contributed by atoms with Gasteiger partial charge in [-0.05, 0) is 29.3 Å². The van der Waals surface area contributed by atoms with Crippen molar-refractivity contribution in [2.75, 3.05) is 11.1 Å². The molecule has 1 amide bonds. The highest BCUT2D eigenvalue weighted by atomic mass is 32.2. The molecule has 1 aromatic heterocycles. The highest BCUT2D eigenvalue weighted by Crippen LogP contribution is 2.28. The summed E-state index contributed by atoms with van der Waals surface area (Å²) >= 11 is 1.26. The first-order chi connectivity index (χ1) is 17.2. The number of carbonyl (C=O) groups is 1. The Morgan fingerprint density at radius 1 is 0.800 bits per heavy atom. The van der Waals surface area contributed by atoms with Crippen LogP contribution in [0.25, 0.3) is 22.0 Å². The van der Waals surface area contributed by atoms with E-state index >= 15 is 0 Å². The Balaban J connectivity index is 1.40. The molecule has 5 aromatic rings. The molecule has 0 saturated heterocycles. The predicted octanol–water partition coefficient (Wildman–Crippen LogP) is 5.84. The van der Waals surface area contributed by atoms with Gasteiger partial charge in [0.2, 0.25) is 5.91 Å². The highest BCUT2D eigenvalue weighted by Gasteiger charge is 2.15. The molecule has 4 aromatic carbocycles. The smallest absolute Gasteiger partial charge is 0.262 e. The van der Waals surface area contributed by atoms with Crippen LogP contribution in [0.4, 0.5) is 5.69 Å². The molecule has 0 aliphatic heterocycles. The number of amides is 1. The molecule has 0 bridgehead atoms. The molecule has 172 valence electrons. The second-order valence-corrected chi connectivity index (χ2v) is 8.98. The minimum Gasteiger partial charge on any atom is -0.325 e. The molecule has 1 heterocycles. The van der Waals surface area contributed by atoms with Crippen LogP contribution in [0.5, 0.6) is 0 Å². The zero-order chi connectivity index (χ0) is 24.0. The Bertz CT molecular complexity index is 1530. The maximum atomic E-state index is 13.3. The third-order valence-electron chi connectivity index (χ3n) is 5.63. The fourth-order valence-corrected chi connectivity index (χ4v) is 4.74. The lowest BCUT2D eigenvalue weighted by molar-refractivity contribution is -0.113. The molecule has 0 aliphatic carbocycles. The number of hydrogen-bond donors (Lipinski definition) is 1. The second-order valence-electron chi connectivity index (χ2n) is 8.04. The van der Waals surface area contributed by atoms with Gasteiger partial charge in [-0.15, -0.1) is 0 Å². The predicted molar refractivity (Wildman–Crippen MR) is 143 cm³/mol. The van der Waals surface area contributed by atoms with Crippen molar-refractivity contribution in [3.63, 3.8) is 0 Å². The summed E-state index contributed by atoms with van der Waals surface area (Å²) in [6.45, 7) is 0.387. The fourth-order valence-electron chi connectivity index (χ4n) is 3.94. The summed E-state index contributed by atoms with van der Waals surface area (Å²) in [5.74, 6) is -0.0325. The number of carbonyl (C=O) groups excluding carboxylic acids is 1. The Morgan fingerprint density at radius 2 is 1.46 bits per heavy atom. The van der Waals surface area contributed by atoms with Gasteiger partial charge in [0.25, 0.3) is 5.56 Å². The van der Waals surface area contributed by atoms with Gasteiger partial charge in [0.05, 0.1) is 23.2 Å². The molecule has 0 fully saturated rings. The van der Waals surface area contributed by atoms with Gasteiger partial charge in [0.1, 0.15) is 0 Å². The third-order valence-corrected chi connectivity index (χ3v) is 6.60. The number of para-hydroxylation sites is 2. The fraction of sp³-hybridized carbons (Fsp3) is 0.0690. The molecular weight excluding hydrogens is 454 g/mol. The van der Waals surface area contributed by atoms with Gasteiger partial charge in [-0.2, -0.15) is 0 Å². The maximum absolute atomic E-state index is 13.3. The minimum absolute atomic E-state index is 0.114. The van der Waals surface area contributed by atoms with Gasteiger partial charge >= 0.3 is 0 Å². The van der Waals surface area contributed by atoms with E-state index in [4.69, 9.17) is 4.98 Å². The average Bonchev–Trinajstić information content (AvgIpc) is 2.91. The van der Waals surface area contributed by atoms with Gasteiger partial charge in [0, 0.05) is 11.3 Å². The van der Waals surface area contributed by atoms with E-state index in [1.54, 1.807) is 10.6 Å². The normalized spacial score (nSPS) is 10.9. The van der Waals surface area contributed by atoms with Crippen LogP contribution in [0.15, 0.2) is 119 Å². The van der Waals surface area contributed by atoms with E-state index in [1.807, 2.05) is 103 Å². The molecule has 0 aliphatic rings. The van der Waals surface area contributed by atoms with E-state index in [0.717, 1.165) is 22.4 Å². The van der Waals surface area contributed by atoms with Crippen molar-refractivity contribution in [3.05, 3.63) is 125 Å². The summed E-state index contributed by atoms with van der Waals surface area (Å²) in [7, 11) is 0. The first-order valence-corrected chi connectivity index (χ1v) is 12.3. The zero-order valence-electron chi connectivity index (χ0n) is 18.9. The van der Waals surface area contributed by atoms with Crippen LogP contribution < -0.4 is 10.9 Å². The lowest BCUT2D eigenvalue weighted by Gasteiger charge is -2.14. The van der Waals surface area contributed by atoms with E-state index in [9.17, 15) is 9.59 Å². The number of rotatable bonds is 7. The third kappa shape index (κ3) is 5.18. The summed E-state index contributed by atoms with van der Waals surface area (Å²) in [6, 6.07) is 34.8. The molecule has 5 nitrogen and oxygen atoms in total. The second kappa shape index (κ2) is 10.4. The average molecular weight is 478 g/mol. The summed E-state index contributed by atoms with van der Waals surface area (Å²) in [5, 5.41) is 4.11. The van der Waals surface area contributed by atoms with Crippen LogP contribution in [0.1, 0.15) is 5.56 Å². The Morgan fingerprint density at radius 3 is 2.26 bits per heavy atom. The Labute approximate surface area is 207 Å². The van der Waals surface area contributed by atoms with Crippen LogP contribution in [-0.2, 0) is 11.3 Å². The quantitative estimate of drug-likeness (QED) is 0.236. The van der Waals surface area contributed by atoms with Crippen molar-refractivity contribution in [2.24, 2.45) is 0 Å². The standard InChI is InChI=1S/C29H23N3O2S/c33-27(30-25-17-9-7-15-23(25)22-13-5-2-6-14-22)20-35-29-31-26-18-10-8-16-24(26)28(34)32(29)19-21-11-3-1-4-12-21/h1-18H,19-20H2,(H,30,33).